The van der Waals surface area contributed by atoms with Crippen molar-refractivity contribution >= 4 is 46.0 Å². The number of nitrogens with zero attached hydrogens (tertiary/aromatic N) is 2. The molecule has 0 aromatic carbocycles. The van der Waals surface area contributed by atoms with Gasteiger partial charge in [-0.1, -0.05) is 31.9 Å². The maximum absolute atomic E-state index is 6.10. The van der Waals surface area contributed by atoms with Crippen molar-refractivity contribution in [1.29, 1.82) is 0 Å². The van der Waals surface area contributed by atoms with Crippen LogP contribution in [-0.4, -0.2) is 15.7 Å². The summed E-state index contributed by atoms with van der Waals surface area (Å²) < 4.78 is 1.00. The zero-order valence-electron chi connectivity index (χ0n) is 9.59. The Balaban J connectivity index is 2.77. The van der Waals surface area contributed by atoms with E-state index >= 15 is 0 Å². The molecule has 16 heavy (non-hydrogen) atoms. The molecule has 0 saturated carbocycles. The largest absolute Gasteiger partial charge is 0.236 e. The minimum atomic E-state index is 0.603. The molecule has 0 radical (unpaired) electrons. The molecule has 0 unspecified atom stereocenters. The molecule has 0 spiro atoms. The van der Waals surface area contributed by atoms with E-state index in [1.54, 1.807) is 0 Å². The van der Waals surface area contributed by atoms with Crippen LogP contribution in [0.3, 0.4) is 0 Å². The Kier molecular flexibility index (Phi) is 7.00. The molecule has 0 fully saturated rings. The first kappa shape index (κ1) is 14.5. The smallest absolute Gasteiger partial charge is 0.146 e. The second-order valence-corrected chi connectivity index (χ2v) is 6.04. The van der Waals surface area contributed by atoms with Crippen molar-refractivity contribution in [3.63, 3.8) is 0 Å². The summed E-state index contributed by atoms with van der Waals surface area (Å²) in [6, 6.07) is 0. The molecule has 0 bridgehead atoms. The lowest BCUT2D eigenvalue weighted by atomic mass is 10.2. The van der Waals surface area contributed by atoms with Crippen LogP contribution in [0, 0.1) is 3.57 Å². The van der Waals surface area contributed by atoms with Crippen molar-refractivity contribution < 1.29 is 0 Å². The fraction of sp³-hybridized carbons (Fsp3) is 0.636. The SMILES string of the molecule is CCCSCc1nc(Cl)c(I)c(CCC)n1. The quantitative estimate of drug-likeness (QED) is 0.423. The molecule has 1 heterocycles. The van der Waals surface area contributed by atoms with E-state index in [9.17, 15) is 0 Å². The Morgan fingerprint density at radius 3 is 2.62 bits per heavy atom. The van der Waals surface area contributed by atoms with Crippen LogP contribution in [0.2, 0.25) is 5.15 Å². The van der Waals surface area contributed by atoms with Gasteiger partial charge in [0, 0.05) is 0 Å². The number of aromatic nitrogens is 2. The highest BCUT2D eigenvalue weighted by molar-refractivity contribution is 14.1. The lowest BCUT2D eigenvalue weighted by Crippen LogP contribution is -2.03. The van der Waals surface area contributed by atoms with E-state index in [0.717, 1.165) is 39.4 Å². The van der Waals surface area contributed by atoms with Gasteiger partial charge in [-0.2, -0.15) is 11.8 Å². The first-order valence-corrected chi connectivity index (χ1v) is 8.08. The van der Waals surface area contributed by atoms with Gasteiger partial charge in [0.25, 0.3) is 0 Å². The molecule has 1 aromatic heterocycles. The summed E-state index contributed by atoms with van der Waals surface area (Å²) in [6.45, 7) is 4.33. The predicted molar refractivity (Wildman–Crippen MR) is 80.2 cm³/mol. The van der Waals surface area contributed by atoms with Crippen molar-refractivity contribution in [2.24, 2.45) is 0 Å². The summed E-state index contributed by atoms with van der Waals surface area (Å²) in [5, 5.41) is 0.603. The summed E-state index contributed by atoms with van der Waals surface area (Å²) in [4.78, 5) is 8.88. The van der Waals surface area contributed by atoms with Gasteiger partial charge in [0.1, 0.15) is 11.0 Å². The van der Waals surface area contributed by atoms with Gasteiger partial charge in [-0.25, -0.2) is 9.97 Å². The summed E-state index contributed by atoms with van der Waals surface area (Å²) in [6.07, 6.45) is 3.25. The molecular weight excluding hydrogens is 355 g/mol. The molecule has 0 aliphatic heterocycles. The van der Waals surface area contributed by atoms with Gasteiger partial charge >= 0.3 is 0 Å². The molecule has 0 aliphatic carbocycles. The van der Waals surface area contributed by atoms with Crippen molar-refractivity contribution in [2.75, 3.05) is 5.75 Å². The number of halogens is 2. The van der Waals surface area contributed by atoms with Crippen LogP contribution >= 0.6 is 46.0 Å². The van der Waals surface area contributed by atoms with E-state index in [4.69, 9.17) is 11.6 Å². The molecule has 5 heteroatoms. The predicted octanol–water partition coefficient (Wildman–Crippen LogP) is 4.33. The van der Waals surface area contributed by atoms with Gasteiger partial charge in [-0.15, -0.1) is 0 Å². The Morgan fingerprint density at radius 1 is 1.25 bits per heavy atom. The summed E-state index contributed by atoms with van der Waals surface area (Å²) in [5.74, 6) is 2.88. The number of hydrogen-bond donors (Lipinski definition) is 0. The van der Waals surface area contributed by atoms with E-state index in [0.29, 0.717) is 5.15 Å². The number of aryl methyl sites for hydroxylation is 1. The van der Waals surface area contributed by atoms with Crippen molar-refractivity contribution in [3.05, 3.63) is 20.2 Å². The van der Waals surface area contributed by atoms with Crippen LogP contribution in [0.1, 0.15) is 38.2 Å². The Bertz CT molecular complexity index is 347. The lowest BCUT2D eigenvalue weighted by Gasteiger charge is -2.07. The first-order chi connectivity index (χ1) is 7.69. The van der Waals surface area contributed by atoms with Gasteiger partial charge in [0.2, 0.25) is 0 Å². The average Bonchev–Trinajstić information content (AvgIpc) is 2.26. The van der Waals surface area contributed by atoms with Gasteiger partial charge in [-0.05, 0) is 41.2 Å². The third-order valence-electron chi connectivity index (χ3n) is 1.99. The van der Waals surface area contributed by atoms with Crippen molar-refractivity contribution in [1.82, 2.24) is 9.97 Å². The van der Waals surface area contributed by atoms with Gasteiger partial charge < -0.3 is 0 Å². The van der Waals surface area contributed by atoms with E-state index in [2.05, 4.69) is 46.4 Å². The third kappa shape index (κ3) is 4.37. The van der Waals surface area contributed by atoms with Gasteiger partial charge in [0.05, 0.1) is 15.0 Å². The maximum Gasteiger partial charge on any atom is 0.146 e. The lowest BCUT2D eigenvalue weighted by molar-refractivity contribution is 0.844. The number of hydrogen-bond acceptors (Lipinski definition) is 3. The minimum Gasteiger partial charge on any atom is -0.236 e. The van der Waals surface area contributed by atoms with Gasteiger partial charge in [-0.3, -0.25) is 0 Å². The minimum absolute atomic E-state index is 0.603. The number of rotatable bonds is 6. The Hall–Kier alpha value is 0.450. The van der Waals surface area contributed by atoms with Crippen LogP contribution in [0.15, 0.2) is 0 Å². The van der Waals surface area contributed by atoms with Crippen LogP contribution < -0.4 is 0 Å². The molecule has 0 N–H and O–H groups in total. The zero-order chi connectivity index (χ0) is 12.0. The topological polar surface area (TPSA) is 25.8 Å². The standard InChI is InChI=1S/C11H16ClIN2S/c1-3-5-8-10(13)11(12)15-9(14-8)7-16-6-4-2/h3-7H2,1-2H3. The van der Waals surface area contributed by atoms with Crippen molar-refractivity contribution in [2.45, 2.75) is 38.9 Å². The normalized spacial score (nSPS) is 10.8. The summed E-state index contributed by atoms with van der Waals surface area (Å²) in [5.41, 5.74) is 1.09. The number of thioether (sulfide) groups is 1. The molecule has 1 aromatic rings. The van der Waals surface area contributed by atoms with Crippen LogP contribution in [0.5, 0.6) is 0 Å². The molecule has 0 saturated heterocycles. The molecule has 0 aliphatic rings. The van der Waals surface area contributed by atoms with Crippen LogP contribution in [0.4, 0.5) is 0 Å². The Labute approximate surface area is 120 Å². The highest BCUT2D eigenvalue weighted by atomic mass is 127. The molecule has 0 atom stereocenters. The monoisotopic (exact) mass is 370 g/mol. The maximum atomic E-state index is 6.10. The van der Waals surface area contributed by atoms with E-state index in [1.165, 1.54) is 6.42 Å². The molecular formula is C11H16ClIN2S. The highest BCUT2D eigenvalue weighted by Crippen LogP contribution is 2.21. The fourth-order valence-electron chi connectivity index (χ4n) is 1.29. The Morgan fingerprint density at radius 2 is 2.00 bits per heavy atom. The second-order valence-electron chi connectivity index (χ2n) is 3.49. The summed E-state index contributed by atoms with van der Waals surface area (Å²) in [7, 11) is 0. The molecule has 0 amide bonds. The zero-order valence-corrected chi connectivity index (χ0v) is 13.3. The summed E-state index contributed by atoms with van der Waals surface area (Å²) >= 11 is 10.2. The van der Waals surface area contributed by atoms with E-state index < -0.39 is 0 Å². The fourth-order valence-corrected chi connectivity index (χ4v) is 2.75. The van der Waals surface area contributed by atoms with E-state index in [-0.39, 0.29) is 0 Å². The molecule has 1 rings (SSSR count). The second kappa shape index (κ2) is 7.71. The van der Waals surface area contributed by atoms with E-state index in [1.807, 2.05) is 11.8 Å². The van der Waals surface area contributed by atoms with Crippen molar-refractivity contribution in [3.8, 4) is 0 Å². The third-order valence-corrected chi connectivity index (χ3v) is 4.88. The van der Waals surface area contributed by atoms with Crippen LogP contribution in [0.25, 0.3) is 0 Å². The first-order valence-electron chi connectivity index (χ1n) is 5.47. The molecule has 2 nitrogen and oxygen atoms in total. The highest BCUT2D eigenvalue weighted by Gasteiger charge is 2.09. The van der Waals surface area contributed by atoms with Gasteiger partial charge in [0.15, 0.2) is 0 Å². The van der Waals surface area contributed by atoms with Crippen LogP contribution in [-0.2, 0) is 12.2 Å². The molecule has 90 valence electrons. The average molecular weight is 371 g/mol.